The van der Waals surface area contributed by atoms with E-state index in [0.29, 0.717) is 10.0 Å². The molecule has 0 bridgehead atoms. The van der Waals surface area contributed by atoms with Crippen molar-refractivity contribution < 1.29 is 9.53 Å². The van der Waals surface area contributed by atoms with Gasteiger partial charge in [-0.15, -0.1) is 11.3 Å². The topological polar surface area (TPSA) is 83.2 Å². The first-order valence-corrected chi connectivity index (χ1v) is 11.0. The highest BCUT2D eigenvalue weighted by atomic mass is 79.9. The van der Waals surface area contributed by atoms with Crippen molar-refractivity contribution in [2.45, 2.75) is 20.0 Å². The maximum atomic E-state index is 13.2. The van der Waals surface area contributed by atoms with E-state index in [2.05, 4.69) is 20.9 Å². The second kappa shape index (κ2) is 8.33. The lowest BCUT2D eigenvalue weighted by molar-refractivity contribution is -0.143. The molecule has 4 aromatic rings. The lowest BCUT2D eigenvalue weighted by atomic mass is 10.2. The molecule has 2 aromatic heterocycles. The molecule has 0 spiro atoms. The molecule has 0 radical (unpaired) electrons. The molecule has 2 aromatic carbocycles. The van der Waals surface area contributed by atoms with Gasteiger partial charge < -0.3 is 4.74 Å². The summed E-state index contributed by atoms with van der Waals surface area (Å²) in [6, 6.07) is 10.3. The Balaban J connectivity index is 1.88. The van der Waals surface area contributed by atoms with Crippen LogP contribution in [-0.2, 0) is 22.6 Å². The molecule has 10 heteroatoms. The summed E-state index contributed by atoms with van der Waals surface area (Å²) in [5.74, 6) is -0.573. The van der Waals surface area contributed by atoms with Crippen molar-refractivity contribution in [2.75, 3.05) is 6.61 Å². The van der Waals surface area contributed by atoms with E-state index in [4.69, 9.17) is 16.3 Å². The van der Waals surface area contributed by atoms with Crippen molar-refractivity contribution in [3.8, 4) is 0 Å². The predicted octanol–water partition coefficient (Wildman–Crippen LogP) is 3.80. The van der Waals surface area contributed by atoms with Gasteiger partial charge in [-0.2, -0.15) is 0 Å². The predicted molar refractivity (Wildman–Crippen MR) is 121 cm³/mol. The Morgan fingerprint density at radius 1 is 1.20 bits per heavy atom. The number of rotatable bonds is 5. The number of thiazole rings is 1. The Morgan fingerprint density at radius 3 is 2.77 bits per heavy atom. The van der Waals surface area contributed by atoms with Crippen molar-refractivity contribution >= 4 is 66.0 Å². The van der Waals surface area contributed by atoms with Crippen LogP contribution in [0.2, 0.25) is 5.02 Å². The zero-order chi connectivity index (χ0) is 21.4. The number of carbonyl (C=O) groups is 1. The van der Waals surface area contributed by atoms with Gasteiger partial charge >= 0.3 is 11.7 Å². The van der Waals surface area contributed by atoms with Gasteiger partial charge in [-0.05, 0) is 43.3 Å². The number of ether oxygens (including phenoxy) is 1. The average molecular weight is 509 g/mol. The maximum absolute atomic E-state index is 13.2. The van der Waals surface area contributed by atoms with Gasteiger partial charge in [-0.1, -0.05) is 27.5 Å². The Labute approximate surface area is 187 Å². The summed E-state index contributed by atoms with van der Waals surface area (Å²) in [6.07, 6.45) is 0. The first-order valence-electron chi connectivity index (χ1n) is 9.01. The highest BCUT2D eigenvalue weighted by Gasteiger charge is 2.18. The molecule has 0 fully saturated rings. The molecule has 0 amide bonds. The molecule has 0 saturated heterocycles. The highest BCUT2D eigenvalue weighted by molar-refractivity contribution is 9.10. The zero-order valence-electron chi connectivity index (χ0n) is 15.7. The van der Waals surface area contributed by atoms with E-state index in [1.807, 2.05) is 18.2 Å². The minimum Gasteiger partial charge on any atom is -0.465 e. The number of carbonyl (C=O) groups excluding carboxylic acids is 1. The summed E-state index contributed by atoms with van der Waals surface area (Å²) in [4.78, 5) is 42.8. The van der Waals surface area contributed by atoms with Gasteiger partial charge in [0.1, 0.15) is 11.6 Å². The molecule has 4 rings (SSSR count). The van der Waals surface area contributed by atoms with Crippen LogP contribution < -0.4 is 11.2 Å². The molecule has 0 aliphatic rings. The Kier molecular flexibility index (Phi) is 5.77. The Morgan fingerprint density at radius 2 is 2.00 bits per heavy atom. The normalized spacial score (nSPS) is 11.3. The van der Waals surface area contributed by atoms with Crippen LogP contribution >= 0.6 is 38.9 Å². The second-order valence-corrected chi connectivity index (χ2v) is 8.91. The largest absolute Gasteiger partial charge is 0.465 e. The van der Waals surface area contributed by atoms with E-state index >= 15 is 0 Å². The van der Waals surface area contributed by atoms with Gasteiger partial charge in [0.2, 0.25) is 0 Å². The van der Waals surface area contributed by atoms with Crippen LogP contribution in [0, 0.1) is 0 Å². The molecule has 0 aliphatic carbocycles. The van der Waals surface area contributed by atoms with E-state index in [9.17, 15) is 14.4 Å². The summed E-state index contributed by atoms with van der Waals surface area (Å²) >= 11 is 10.9. The third kappa shape index (κ3) is 3.92. The molecule has 154 valence electrons. The summed E-state index contributed by atoms with van der Waals surface area (Å²) in [7, 11) is 0. The van der Waals surface area contributed by atoms with E-state index in [1.54, 1.807) is 19.1 Å². The van der Waals surface area contributed by atoms with Gasteiger partial charge in [0.25, 0.3) is 5.56 Å². The fourth-order valence-corrected chi connectivity index (χ4v) is 4.62. The van der Waals surface area contributed by atoms with E-state index in [0.717, 1.165) is 19.3 Å². The number of benzene rings is 2. The number of hydrogen-bond donors (Lipinski definition) is 0. The number of nitrogens with zero attached hydrogens (tertiary/aromatic N) is 3. The van der Waals surface area contributed by atoms with Crippen LogP contribution in [0.3, 0.4) is 0 Å². The standard InChI is InChI=1S/C20H15BrClN3O4S/c1-2-29-18(26)10-24-15-8-12(22)4-5-13(15)19(27)25(20(24)28)9-17-23-14-7-11(21)3-6-16(14)30-17/h3-8H,2,9-10H2,1H3. The smallest absolute Gasteiger partial charge is 0.332 e. The van der Waals surface area contributed by atoms with Gasteiger partial charge in [0, 0.05) is 9.50 Å². The Bertz CT molecular complexity index is 1410. The van der Waals surface area contributed by atoms with Crippen LogP contribution in [0.5, 0.6) is 0 Å². The van der Waals surface area contributed by atoms with E-state index in [-0.39, 0.29) is 30.6 Å². The lowest BCUT2D eigenvalue weighted by Gasteiger charge is -2.13. The second-order valence-electron chi connectivity index (χ2n) is 6.45. The van der Waals surface area contributed by atoms with Crippen molar-refractivity contribution in [2.24, 2.45) is 0 Å². The van der Waals surface area contributed by atoms with Crippen molar-refractivity contribution in [3.05, 3.63) is 71.7 Å². The van der Waals surface area contributed by atoms with Gasteiger partial charge in [-0.3, -0.25) is 18.7 Å². The third-order valence-corrected chi connectivity index (χ3v) is 6.22. The summed E-state index contributed by atoms with van der Waals surface area (Å²) < 4.78 is 9.12. The number of halogens is 2. The van der Waals surface area contributed by atoms with Crippen molar-refractivity contribution in [1.29, 1.82) is 0 Å². The number of aromatic nitrogens is 3. The van der Waals surface area contributed by atoms with Gasteiger partial charge in [0.15, 0.2) is 0 Å². The molecular formula is C20H15BrClN3O4S. The van der Waals surface area contributed by atoms with Crippen molar-refractivity contribution in [1.82, 2.24) is 14.1 Å². The summed E-state index contributed by atoms with van der Waals surface area (Å²) in [5, 5.41) is 1.25. The van der Waals surface area contributed by atoms with Crippen LogP contribution in [-0.4, -0.2) is 26.7 Å². The molecule has 0 unspecified atom stereocenters. The number of esters is 1. The minimum atomic E-state index is -0.622. The molecule has 7 nitrogen and oxygen atoms in total. The minimum absolute atomic E-state index is 0.00394. The van der Waals surface area contributed by atoms with E-state index in [1.165, 1.54) is 22.0 Å². The van der Waals surface area contributed by atoms with Crippen molar-refractivity contribution in [3.63, 3.8) is 0 Å². The SMILES string of the molecule is CCOC(=O)Cn1c(=O)n(Cc2nc3cc(Br)ccc3s2)c(=O)c2ccc(Cl)cc21. The first-order chi connectivity index (χ1) is 14.4. The highest BCUT2D eigenvalue weighted by Crippen LogP contribution is 2.25. The molecule has 0 aliphatic heterocycles. The average Bonchev–Trinajstić information content (AvgIpc) is 3.10. The van der Waals surface area contributed by atoms with Crippen LogP contribution in [0.4, 0.5) is 0 Å². The molecule has 0 saturated carbocycles. The number of fused-ring (bicyclic) bond motifs is 2. The monoisotopic (exact) mass is 507 g/mol. The zero-order valence-corrected chi connectivity index (χ0v) is 18.9. The maximum Gasteiger partial charge on any atom is 0.332 e. The fraction of sp³-hybridized carbons (Fsp3) is 0.200. The third-order valence-electron chi connectivity index (χ3n) is 4.47. The molecule has 0 atom stereocenters. The van der Waals surface area contributed by atoms with Crippen LogP contribution in [0.25, 0.3) is 21.1 Å². The quantitative estimate of drug-likeness (QED) is 0.383. The van der Waals surface area contributed by atoms with Gasteiger partial charge in [0.05, 0.1) is 34.3 Å². The van der Waals surface area contributed by atoms with E-state index < -0.39 is 17.2 Å². The first kappa shape index (κ1) is 20.8. The molecule has 0 N–H and O–H groups in total. The molecule has 30 heavy (non-hydrogen) atoms. The summed E-state index contributed by atoms with van der Waals surface area (Å²) in [5.41, 5.74) is -0.0256. The molecule has 2 heterocycles. The van der Waals surface area contributed by atoms with Crippen LogP contribution in [0.1, 0.15) is 11.9 Å². The van der Waals surface area contributed by atoms with Gasteiger partial charge in [-0.25, -0.2) is 9.78 Å². The Hall–Kier alpha value is -2.49. The van der Waals surface area contributed by atoms with Crippen LogP contribution in [0.15, 0.2) is 50.5 Å². The molecular weight excluding hydrogens is 494 g/mol. The number of hydrogen-bond acceptors (Lipinski definition) is 6. The summed E-state index contributed by atoms with van der Waals surface area (Å²) in [6.45, 7) is 1.54. The fourth-order valence-electron chi connectivity index (χ4n) is 3.17. The lowest BCUT2D eigenvalue weighted by Crippen LogP contribution is -2.41.